The summed E-state index contributed by atoms with van der Waals surface area (Å²) in [7, 11) is 0. The molecule has 4 rings (SSSR count). The molecule has 2 aliphatic heterocycles. The fourth-order valence-corrected chi connectivity index (χ4v) is 3.35. The molecule has 3 heteroatoms. The van der Waals surface area contributed by atoms with Crippen molar-refractivity contribution in [1.82, 2.24) is 14.5 Å². The van der Waals surface area contributed by atoms with Crippen LogP contribution in [0.1, 0.15) is 31.0 Å². The standard InChI is InChI=1S/C15H17N3/c1-4-8-17(9-5-1)15-13-7-3-2-6-12(13)14-10-16-11-18(14)15/h2-3,6-7,10-11,15H,1,4-5,8-9H2. The van der Waals surface area contributed by atoms with Crippen molar-refractivity contribution >= 4 is 0 Å². The smallest absolute Gasteiger partial charge is 0.115 e. The van der Waals surface area contributed by atoms with Crippen LogP contribution in [0.4, 0.5) is 0 Å². The van der Waals surface area contributed by atoms with Crippen LogP contribution in [0.5, 0.6) is 0 Å². The minimum atomic E-state index is 0.374. The second kappa shape index (κ2) is 3.95. The fourth-order valence-electron chi connectivity index (χ4n) is 3.35. The topological polar surface area (TPSA) is 21.1 Å². The lowest BCUT2D eigenvalue weighted by molar-refractivity contribution is 0.147. The van der Waals surface area contributed by atoms with Crippen molar-refractivity contribution in [1.29, 1.82) is 0 Å². The molecule has 0 spiro atoms. The summed E-state index contributed by atoms with van der Waals surface area (Å²) in [5.74, 6) is 0. The number of nitrogens with zero attached hydrogens (tertiary/aromatic N) is 3. The molecule has 92 valence electrons. The third-order valence-corrected chi connectivity index (χ3v) is 4.18. The van der Waals surface area contributed by atoms with E-state index < -0.39 is 0 Å². The summed E-state index contributed by atoms with van der Waals surface area (Å²) in [6.07, 6.45) is 8.36. The van der Waals surface area contributed by atoms with Crippen LogP contribution in [0.15, 0.2) is 36.8 Å². The van der Waals surface area contributed by atoms with Crippen molar-refractivity contribution in [3.63, 3.8) is 0 Å². The molecule has 18 heavy (non-hydrogen) atoms. The first-order valence-corrected chi connectivity index (χ1v) is 6.80. The lowest BCUT2D eigenvalue weighted by atomic mass is 10.0. The van der Waals surface area contributed by atoms with Gasteiger partial charge in [-0.15, -0.1) is 0 Å². The first-order valence-electron chi connectivity index (χ1n) is 6.80. The van der Waals surface area contributed by atoms with Gasteiger partial charge in [-0.05, 0) is 18.4 Å². The molecule has 1 aromatic carbocycles. The minimum absolute atomic E-state index is 0.374. The molecule has 3 nitrogen and oxygen atoms in total. The van der Waals surface area contributed by atoms with E-state index in [0.29, 0.717) is 6.17 Å². The van der Waals surface area contributed by atoms with Crippen molar-refractivity contribution in [3.8, 4) is 11.3 Å². The number of rotatable bonds is 1. The summed E-state index contributed by atoms with van der Waals surface area (Å²) in [6, 6.07) is 8.75. The van der Waals surface area contributed by atoms with Crippen LogP contribution in [0, 0.1) is 0 Å². The third kappa shape index (κ3) is 1.37. The Morgan fingerprint density at radius 1 is 1.06 bits per heavy atom. The average molecular weight is 239 g/mol. The Labute approximate surface area is 107 Å². The van der Waals surface area contributed by atoms with Crippen LogP contribution < -0.4 is 0 Å². The number of hydrogen-bond donors (Lipinski definition) is 0. The zero-order valence-electron chi connectivity index (χ0n) is 10.4. The number of likely N-dealkylation sites (tertiary alicyclic amines) is 1. The highest BCUT2D eigenvalue weighted by molar-refractivity contribution is 5.68. The molecule has 0 aliphatic carbocycles. The van der Waals surface area contributed by atoms with Crippen molar-refractivity contribution in [3.05, 3.63) is 42.4 Å². The maximum atomic E-state index is 4.32. The van der Waals surface area contributed by atoms with Crippen LogP contribution in [-0.4, -0.2) is 27.5 Å². The van der Waals surface area contributed by atoms with E-state index in [2.05, 4.69) is 38.7 Å². The van der Waals surface area contributed by atoms with E-state index in [9.17, 15) is 0 Å². The highest BCUT2D eigenvalue weighted by atomic mass is 15.3. The minimum Gasteiger partial charge on any atom is -0.310 e. The first kappa shape index (κ1) is 10.3. The van der Waals surface area contributed by atoms with Gasteiger partial charge in [-0.3, -0.25) is 4.90 Å². The van der Waals surface area contributed by atoms with E-state index in [1.54, 1.807) is 0 Å². The predicted octanol–water partition coefficient (Wildman–Crippen LogP) is 2.90. The molecule has 0 bridgehead atoms. The summed E-state index contributed by atoms with van der Waals surface area (Å²) in [6.45, 7) is 2.41. The Balaban J connectivity index is 1.83. The third-order valence-electron chi connectivity index (χ3n) is 4.18. The molecular weight excluding hydrogens is 222 g/mol. The summed E-state index contributed by atoms with van der Waals surface area (Å²) >= 11 is 0. The molecule has 0 saturated carbocycles. The Kier molecular flexibility index (Phi) is 2.27. The molecule has 3 heterocycles. The molecule has 1 aromatic heterocycles. The van der Waals surface area contributed by atoms with Gasteiger partial charge in [-0.1, -0.05) is 30.7 Å². The van der Waals surface area contributed by atoms with E-state index in [-0.39, 0.29) is 0 Å². The number of aromatic nitrogens is 2. The lowest BCUT2D eigenvalue weighted by Gasteiger charge is -2.33. The Hall–Kier alpha value is -1.61. The summed E-state index contributed by atoms with van der Waals surface area (Å²) < 4.78 is 2.33. The van der Waals surface area contributed by atoms with Crippen LogP contribution in [-0.2, 0) is 0 Å². The monoisotopic (exact) mass is 239 g/mol. The molecule has 0 radical (unpaired) electrons. The number of piperidine rings is 1. The van der Waals surface area contributed by atoms with Crippen LogP contribution >= 0.6 is 0 Å². The number of hydrogen-bond acceptors (Lipinski definition) is 2. The average Bonchev–Trinajstić information content (AvgIpc) is 2.99. The Morgan fingerprint density at radius 2 is 1.89 bits per heavy atom. The zero-order valence-corrected chi connectivity index (χ0v) is 10.4. The second-order valence-electron chi connectivity index (χ2n) is 5.24. The van der Waals surface area contributed by atoms with Crippen molar-refractivity contribution < 1.29 is 0 Å². The van der Waals surface area contributed by atoms with Gasteiger partial charge < -0.3 is 4.57 Å². The SMILES string of the molecule is c1ccc2c(c1)-c1cncn1C2N1CCCCC1. The second-order valence-corrected chi connectivity index (χ2v) is 5.24. The van der Waals surface area contributed by atoms with Crippen molar-refractivity contribution in [2.45, 2.75) is 25.4 Å². The van der Waals surface area contributed by atoms with Gasteiger partial charge >= 0.3 is 0 Å². The van der Waals surface area contributed by atoms with E-state index in [0.717, 1.165) is 0 Å². The fraction of sp³-hybridized carbons (Fsp3) is 0.400. The molecule has 0 N–H and O–H groups in total. The van der Waals surface area contributed by atoms with E-state index in [1.807, 2.05) is 12.5 Å². The summed E-state index contributed by atoms with van der Waals surface area (Å²) in [5.41, 5.74) is 4.06. The van der Waals surface area contributed by atoms with Gasteiger partial charge in [-0.25, -0.2) is 4.98 Å². The van der Waals surface area contributed by atoms with E-state index in [1.165, 1.54) is 49.2 Å². The number of fused-ring (bicyclic) bond motifs is 3. The summed E-state index contributed by atoms with van der Waals surface area (Å²) in [4.78, 5) is 6.92. The van der Waals surface area contributed by atoms with Crippen LogP contribution in [0.25, 0.3) is 11.3 Å². The number of imidazole rings is 1. The lowest BCUT2D eigenvalue weighted by Crippen LogP contribution is -2.35. The predicted molar refractivity (Wildman–Crippen MR) is 71.2 cm³/mol. The molecule has 2 aromatic rings. The Morgan fingerprint density at radius 3 is 2.78 bits per heavy atom. The van der Waals surface area contributed by atoms with Gasteiger partial charge in [0.25, 0.3) is 0 Å². The molecule has 2 aliphatic rings. The molecule has 1 saturated heterocycles. The van der Waals surface area contributed by atoms with Crippen molar-refractivity contribution in [2.24, 2.45) is 0 Å². The normalized spacial score (nSPS) is 22.8. The quantitative estimate of drug-likeness (QED) is 0.763. The van der Waals surface area contributed by atoms with Gasteiger partial charge in [0.2, 0.25) is 0 Å². The molecule has 0 amide bonds. The van der Waals surface area contributed by atoms with E-state index in [4.69, 9.17) is 0 Å². The molecule has 1 unspecified atom stereocenters. The Bertz CT molecular complexity index is 567. The van der Waals surface area contributed by atoms with Gasteiger partial charge in [0, 0.05) is 18.7 Å². The van der Waals surface area contributed by atoms with Gasteiger partial charge in [0.15, 0.2) is 0 Å². The van der Waals surface area contributed by atoms with Gasteiger partial charge in [-0.2, -0.15) is 0 Å². The van der Waals surface area contributed by atoms with E-state index >= 15 is 0 Å². The largest absolute Gasteiger partial charge is 0.310 e. The summed E-state index contributed by atoms with van der Waals surface area (Å²) in [5, 5.41) is 0. The van der Waals surface area contributed by atoms with Crippen LogP contribution in [0.3, 0.4) is 0 Å². The molecular formula is C15H17N3. The van der Waals surface area contributed by atoms with Gasteiger partial charge in [0.1, 0.15) is 6.17 Å². The van der Waals surface area contributed by atoms with Crippen molar-refractivity contribution in [2.75, 3.05) is 13.1 Å². The molecule has 1 fully saturated rings. The van der Waals surface area contributed by atoms with Gasteiger partial charge in [0.05, 0.1) is 18.2 Å². The van der Waals surface area contributed by atoms with Crippen LogP contribution in [0.2, 0.25) is 0 Å². The highest BCUT2D eigenvalue weighted by Gasteiger charge is 2.32. The zero-order chi connectivity index (χ0) is 11.9. The maximum Gasteiger partial charge on any atom is 0.115 e. The maximum absolute atomic E-state index is 4.32. The highest BCUT2D eigenvalue weighted by Crippen LogP contribution is 2.41. The first-order chi connectivity index (χ1) is 8.95. The number of benzene rings is 1. The molecule has 1 atom stereocenters.